The Morgan fingerprint density at radius 3 is 2.59 bits per heavy atom. The van der Waals surface area contributed by atoms with Crippen LogP contribution < -0.4 is 0 Å². The first-order valence-corrected chi connectivity index (χ1v) is 7.03. The molecule has 3 rings (SSSR count). The summed E-state index contributed by atoms with van der Waals surface area (Å²) in [6.07, 6.45) is 4.79. The third-order valence-electron chi connectivity index (χ3n) is 4.31. The van der Waals surface area contributed by atoms with E-state index in [4.69, 9.17) is 23.2 Å². The van der Waals surface area contributed by atoms with Crippen LogP contribution in [0.25, 0.3) is 0 Å². The summed E-state index contributed by atoms with van der Waals surface area (Å²) < 4.78 is 13.1. The van der Waals surface area contributed by atoms with E-state index < -0.39 is 0 Å². The maximum Gasteiger partial charge on any atom is 0.141 e. The highest BCUT2D eigenvalue weighted by atomic mass is 35.5. The monoisotopic (exact) mass is 272 g/mol. The minimum atomic E-state index is -0.343. The number of hydrogen-bond donors (Lipinski definition) is 0. The number of fused-ring (bicyclic) bond motifs is 1. The summed E-state index contributed by atoms with van der Waals surface area (Å²) in [5.74, 6) is 2.17. The second-order valence-corrected chi connectivity index (χ2v) is 6.40. The minimum Gasteiger partial charge on any atom is -0.205 e. The lowest BCUT2D eigenvalue weighted by Gasteiger charge is -2.28. The SMILES string of the molecule is Fc1ccc(CC2(CCl)CC3CC3C2)cc1Cl. The molecule has 92 valence electrons. The van der Waals surface area contributed by atoms with Crippen LogP contribution in [0.15, 0.2) is 18.2 Å². The number of alkyl halides is 1. The summed E-state index contributed by atoms with van der Waals surface area (Å²) in [5, 5.41) is 0.218. The summed E-state index contributed by atoms with van der Waals surface area (Å²) in [6, 6.07) is 5.03. The van der Waals surface area contributed by atoms with E-state index in [1.54, 1.807) is 6.07 Å². The van der Waals surface area contributed by atoms with Gasteiger partial charge >= 0.3 is 0 Å². The Kier molecular flexibility index (Phi) is 2.87. The highest BCUT2D eigenvalue weighted by Gasteiger charge is 2.53. The van der Waals surface area contributed by atoms with Gasteiger partial charge < -0.3 is 0 Å². The predicted molar refractivity (Wildman–Crippen MR) is 69.1 cm³/mol. The first-order chi connectivity index (χ1) is 8.12. The fourth-order valence-corrected chi connectivity index (χ4v) is 3.91. The molecule has 2 aliphatic rings. The van der Waals surface area contributed by atoms with E-state index in [9.17, 15) is 4.39 Å². The molecule has 1 aromatic rings. The van der Waals surface area contributed by atoms with E-state index in [-0.39, 0.29) is 16.3 Å². The van der Waals surface area contributed by atoms with Crippen molar-refractivity contribution in [2.45, 2.75) is 25.7 Å². The molecule has 0 saturated heterocycles. The lowest BCUT2D eigenvalue weighted by atomic mass is 9.79. The highest BCUT2D eigenvalue weighted by molar-refractivity contribution is 6.30. The maximum atomic E-state index is 13.1. The third kappa shape index (κ3) is 2.20. The number of hydrogen-bond acceptors (Lipinski definition) is 0. The van der Waals surface area contributed by atoms with Crippen molar-refractivity contribution in [3.05, 3.63) is 34.6 Å². The zero-order valence-corrected chi connectivity index (χ0v) is 11.1. The third-order valence-corrected chi connectivity index (χ3v) is 5.16. The van der Waals surface area contributed by atoms with Gasteiger partial charge in [0.15, 0.2) is 0 Å². The first-order valence-electron chi connectivity index (χ1n) is 6.12. The molecule has 0 radical (unpaired) electrons. The Morgan fingerprint density at radius 1 is 1.29 bits per heavy atom. The first kappa shape index (κ1) is 11.8. The summed E-state index contributed by atoms with van der Waals surface area (Å²) in [4.78, 5) is 0. The van der Waals surface area contributed by atoms with Crippen molar-refractivity contribution < 1.29 is 4.39 Å². The van der Waals surface area contributed by atoms with Crippen LogP contribution in [0.3, 0.4) is 0 Å². The molecule has 2 saturated carbocycles. The summed E-state index contributed by atoms with van der Waals surface area (Å²) in [6.45, 7) is 0. The van der Waals surface area contributed by atoms with Crippen LogP contribution in [0, 0.1) is 23.1 Å². The smallest absolute Gasteiger partial charge is 0.141 e. The maximum absolute atomic E-state index is 13.1. The van der Waals surface area contributed by atoms with Crippen molar-refractivity contribution in [2.24, 2.45) is 17.3 Å². The van der Waals surface area contributed by atoms with Gasteiger partial charge in [-0.15, -0.1) is 11.6 Å². The average Bonchev–Trinajstić information content (AvgIpc) is 2.93. The van der Waals surface area contributed by atoms with Crippen molar-refractivity contribution in [1.82, 2.24) is 0 Å². The van der Waals surface area contributed by atoms with Gasteiger partial charge in [0.05, 0.1) is 5.02 Å². The molecular weight excluding hydrogens is 258 g/mol. The van der Waals surface area contributed by atoms with Gasteiger partial charge in [-0.3, -0.25) is 0 Å². The molecule has 0 bridgehead atoms. The molecule has 17 heavy (non-hydrogen) atoms. The summed E-state index contributed by atoms with van der Waals surface area (Å²) >= 11 is 12.0. The predicted octanol–water partition coefficient (Wildman–Crippen LogP) is 4.68. The Morgan fingerprint density at radius 2 is 2.00 bits per heavy atom. The van der Waals surface area contributed by atoms with Crippen LogP contribution in [0.4, 0.5) is 4.39 Å². The zero-order chi connectivity index (χ0) is 12.0. The number of rotatable bonds is 3. The fourth-order valence-electron chi connectivity index (χ4n) is 3.39. The normalized spacial score (nSPS) is 34.8. The molecule has 2 atom stereocenters. The molecular formula is C14H15Cl2F. The Labute approximate surface area is 111 Å². The van der Waals surface area contributed by atoms with Crippen LogP contribution in [-0.4, -0.2) is 5.88 Å². The largest absolute Gasteiger partial charge is 0.205 e. The van der Waals surface area contributed by atoms with Crippen molar-refractivity contribution in [3.8, 4) is 0 Å². The van der Waals surface area contributed by atoms with E-state index in [0.29, 0.717) is 5.88 Å². The Balaban J connectivity index is 1.78. The molecule has 2 unspecified atom stereocenters. The second kappa shape index (κ2) is 4.13. The molecule has 0 spiro atoms. The van der Waals surface area contributed by atoms with Gasteiger partial charge in [0.2, 0.25) is 0 Å². The van der Waals surface area contributed by atoms with Crippen LogP contribution >= 0.6 is 23.2 Å². The lowest BCUT2D eigenvalue weighted by Crippen LogP contribution is -2.24. The quantitative estimate of drug-likeness (QED) is 0.701. The zero-order valence-electron chi connectivity index (χ0n) is 9.56. The van der Waals surface area contributed by atoms with E-state index >= 15 is 0 Å². The summed E-state index contributed by atoms with van der Waals surface area (Å²) in [5.41, 5.74) is 1.34. The van der Waals surface area contributed by atoms with Gasteiger partial charge in [0.1, 0.15) is 5.82 Å². The molecule has 3 heteroatoms. The molecule has 2 aliphatic carbocycles. The van der Waals surface area contributed by atoms with E-state index in [0.717, 1.165) is 23.8 Å². The van der Waals surface area contributed by atoms with Gasteiger partial charge in [-0.2, -0.15) is 0 Å². The molecule has 0 nitrogen and oxygen atoms in total. The van der Waals surface area contributed by atoms with Crippen molar-refractivity contribution in [1.29, 1.82) is 0 Å². The van der Waals surface area contributed by atoms with E-state index in [1.165, 1.54) is 25.3 Å². The molecule has 0 heterocycles. The average molecular weight is 273 g/mol. The van der Waals surface area contributed by atoms with Crippen LogP contribution in [0.5, 0.6) is 0 Å². The van der Waals surface area contributed by atoms with Crippen LogP contribution in [-0.2, 0) is 6.42 Å². The van der Waals surface area contributed by atoms with Gasteiger partial charge in [-0.25, -0.2) is 4.39 Å². The van der Waals surface area contributed by atoms with Crippen LogP contribution in [0.1, 0.15) is 24.8 Å². The molecule has 0 amide bonds. The van der Waals surface area contributed by atoms with Crippen molar-refractivity contribution in [3.63, 3.8) is 0 Å². The molecule has 0 N–H and O–H groups in total. The van der Waals surface area contributed by atoms with Crippen LogP contribution in [0.2, 0.25) is 5.02 Å². The van der Waals surface area contributed by atoms with Gasteiger partial charge in [0.25, 0.3) is 0 Å². The van der Waals surface area contributed by atoms with E-state index in [1.807, 2.05) is 6.07 Å². The van der Waals surface area contributed by atoms with E-state index in [2.05, 4.69) is 0 Å². The lowest BCUT2D eigenvalue weighted by molar-refractivity contribution is 0.303. The minimum absolute atomic E-state index is 0.218. The molecule has 0 aliphatic heterocycles. The standard InChI is InChI=1S/C14H15Cl2F/c15-8-14(6-10-4-11(10)7-14)5-9-1-2-13(17)12(16)3-9/h1-3,10-11H,4-8H2. The Bertz CT molecular complexity index is 434. The fraction of sp³-hybridized carbons (Fsp3) is 0.571. The second-order valence-electron chi connectivity index (χ2n) is 5.72. The molecule has 2 fully saturated rings. The Hall–Kier alpha value is -0.270. The molecule has 1 aromatic carbocycles. The highest BCUT2D eigenvalue weighted by Crippen LogP contribution is 2.61. The van der Waals surface area contributed by atoms with Gasteiger partial charge in [-0.1, -0.05) is 17.7 Å². The van der Waals surface area contributed by atoms with Crippen molar-refractivity contribution in [2.75, 3.05) is 5.88 Å². The number of halogens is 3. The van der Waals surface area contributed by atoms with Crippen molar-refractivity contribution >= 4 is 23.2 Å². The summed E-state index contributed by atoms with van der Waals surface area (Å²) in [7, 11) is 0. The topological polar surface area (TPSA) is 0 Å². The molecule has 0 aromatic heterocycles. The number of benzene rings is 1. The van der Waals surface area contributed by atoms with Gasteiger partial charge in [0, 0.05) is 5.88 Å². The van der Waals surface area contributed by atoms with Gasteiger partial charge in [-0.05, 0) is 60.6 Å².